The molecule has 0 bridgehead atoms. The van der Waals surface area contributed by atoms with Crippen molar-refractivity contribution in [3.63, 3.8) is 0 Å². The quantitative estimate of drug-likeness (QED) is 0.491. The van der Waals surface area contributed by atoms with Crippen LogP contribution >= 0.6 is 0 Å². The average molecular weight is 321 g/mol. The first kappa shape index (κ1) is 17.5. The second-order valence-corrected chi connectivity index (χ2v) is 5.01. The lowest BCUT2D eigenvalue weighted by Gasteiger charge is -2.20. The van der Waals surface area contributed by atoms with Gasteiger partial charge in [-0.2, -0.15) is 0 Å². The molecule has 0 saturated heterocycles. The standard InChI is InChI=1S/C17H21F2N3O/c1-20-23-12-2-11-21-22-17(13-3-7-15(18)8-4-13)14-5-9-16(19)10-6-14/h3-10,17,20-22H,2,11-12H2,1H3. The molecule has 23 heavy (non-hydrogen) atoms. The normalized spacial score (nSPS) is 11.1. The largest absolute Gasteiger partial charge is 0.302 e. The fourth-order valence-corrected chi connectivity index (χ4v) is 2.18. The van der Waals surface area contributed by atoms with Crippen LogP contribution in [0.1, 0.15) is 23.6 Å². The molecule has 0 aliphatic carbocycles. The minimum atomic E-state index is -0.288. The van der Waals surface area contributed by atoms with E-state index in [-0.39, 0.29) is 17.7 Å². The van der Waals surface area contributed by atoms with Gasteiger partial charge in [-0.15, -0.1) is 0 Å². The van der Waals surface area contributed by atoms with Crippen LogP contribution in [0.3, 0.4) is 0 Å². The topological polar surface area (TPSA) is 45.3 Å². The highest BCUT2D eigenvalue weighted by atomic mass is 19.1. The molecule has 0 unspecified atom stereocenters. The van der Waals surface area contributed by atoms with Crippen molar-refractivity contribution in [1.29, 1.82) is 0 Å². The zero-order valence-electron chi connectivity index (χ0n) is 13.0. The van der Waals surface area contributed by atoms with E-state index < -0.39 is 0 Å². The molecule has 0 atom stereocenters. The van der Waals surface area contributed by atoms with Crippen LogP contribution in [0.5, 0.6) is 0 Å². The Balaban J connectivity index is 2.02. The molecule has 2 aromatic rings. The van der Waals surface area contributed by atoms with Gasteiger partial charge >= 0.3 is 0 Å². The Hall–Kier alpha value is -1.86. The van der Waals surface area contributed by atoms with Gasteiger partial charge in [0.2, 0.25) is 0 Å². The van der Waals surface area contributed by atoms with Crippen LogP contribution in [0.4, 0.5) is 8.78 Å². The second kappa shape index (κ2) is 9.32. The van der Waals surface area contributed by atoms with Gasteiger partial charge in [0.1, 0.15) is 11.6 Å². The van der Waals surface area contributed by atoms with Crippen LogP contribution in [-0.2, 0) is 4.84 Å². The molecule has 124 valence electrons. The Morgan fingerprint density at radius 2 is 1.43 bits per heavy atom. The van der Waals surface area contributed by atoms with Crippen molar-refractivity contribution >= 4 is 0 Å². The predicted octanol–water partition coefficient (Wildman–Crippen LogP) is 2.69. The third-order valence-corrected chi connectivity index (χ3v) is 3.35. The second-order valence-electron chi connectivity index (χ2n) is 5.01. The highest BCUT2D eigenvalue weighted by Gasteiger charge is 2.13. The van der Waals surface area contributed by atoms with Crippen molar-refractivity contribution in [3.05, 3.63) is 71.3 Å². The summed E-state index contributed by atoms with van der Waals surface area (Å²) in [5.41, 5.74) is 10.7. The van der Waals surface area contributed by atoms with Crippen molar-refractivity contribution in [2.24, 2.45) is 0 Å². The summed E-state index contributed by atoms with van der Waals surface area (Å²) in [6.07, 6.45) is 0.813. The van der Waals surface area contributed by atoms with Gasteiger partial charge in [-0.05, 0) is 41.8 Å². The lowest BCUT2D eigenvalue weighted by atomic mass is 9.99. The van der Waals surface area contributed by atoms with Gasteiger partial charge in [0, 0.05) is 13.6 Å². The summed E-state index contributed by atoms with van der Waals surface area (Å²) < 4.78 is 26.2. The van der Waals surface area contributed by atoms with Gasteiger partial charge in [0.25, 0.3) is 0 Å². The summed E-state index contributed by atoms with van der Waals surface area (Å²) >= 11 is 0. The molecule has 0 heterocycles. The molecule has 6 heteroatoms. The van der Waals surface area contributed by atoms with E-state index in [1.54, 1.807) is 31.3 Å². The highest BCUT2D eigenvalue weighted by molar-refractivity contribution is 5.31. The monoisotopic (exact) mass is 321 g/mol. The van der Waals surface area contributed by atoms with E-state index in [2.05, 4.69) is 16.3 Å². The van der Waals surface area contributed by atoms with Gasteiger partial charge in [-0.3, -0.25) is 5.43 Å². The molecule has 0 aliphatic rings. The van der Waals surface area contributed by atoms with Gasteiger partial charge in [0.05, 0.1) is 12.6 Å². The minimum absolute atomic E-state index is 0.207. The molecule has 0 fully saturated rings. The van der Waals surface area contributed by atoms with Crippen molar-refractivity contribution in [3.8, 4) is 0 Å². The fraction of sp³-hybridized carbons (Fsp3) is 0.294. The predicted molar refractivity (Wildman–Crippen MR) is 85.4 cm³/mol. The molecule has 0 aromatic heterocycles. The first-order valence-electron chi connectivity index (χ1n) is 7.48. The number of halogens is 2. The first-order valence-corrected chi connectivity index (χ1v) is 7.48. The molecule has 0 radical (unpaired) electrons. The van der Waals surface area contributed by atoms with Gasteiger partial charge in [-0.25, -0.2) is 19.7 Å². The number of hydrogen-bond donors (Lipinski definition) is 3. The van der Waals surface area contributed by atoms with E-state index in [0.29, 0.717) is 13.2 Å². The van der Waals surface area contributed by atoms with Gasteiger partial charge in [-0.1, -0.05) is 24.3 Å². The number of hydrazine groups is 1. The number of benzene rings is 2. The maximum Gasteiger partial charge on any atom is 0.123 e. The molecule has 4 nitrogen and oxygen atoms in total. The maximum absolute atomic E-state index is 13.1. The summed E-state index contributed by atoms with van der Waals surface area (Å²) in [4.78, 5) is 5.04. The Kier molecular flexibility index (Phi) is 7.09. The highest BCUT2D eigenvalue weighted by Crippen LogP contribution is 2.22. The number of rotatable bonds is 9. The summed E-state index contributed by atoms with van der Waals surface area (Å²) in [6.45, 7) is 1.28. The lowest BCUT2D eigenvalue weighted by Crippen LogP contribution is -2.37. The Bertz CT molecular complexity index is 530. The minimum Gasteiger partial charge on any atom is -0.302 e. The molecule has 0 amide bonds. The lowest BCUT2D eigenvalue weighted by molar-refractivity contribution is 0.0558. The van der Waals surface area contributed by atoms with E-state index in [1.165, 1.54) is 24.3 Å². The third-order valence-electron chi connectivity index (χ3n) is 3.35. The van der Waals surface area contributed by atoms with Crippen molar-refractivity contribution < 1.29 is 13.6 Å². The number of nitrogens with one attached hydrogen (secondary N) is 3. The molecule has 2 rings (SSSR count). The van der Waals surface area contributed by atoms with Crippen LogP contribution in [0.2, 0.25) is 0 Å². The van der Waals surface area contributed by atoms with Crippen LogP contribution in [0.15, 0.2) is 48.5 Å². The zero-order chi connectivity index (χ0) is 16.5. The molecule has 0 saturated carbocycles. The fourth-order valence-electron chi connectivity index (χ4n) is 2.18. The van der Waals surface area contributed by atoms with Crippen LogP contribution in [0.25, 0.3) is 0 Å². The summed E-state index contributed by atoms with van der Waals surface area (Å²) in [7, 11) is 1.71. The van der Waals surface area contributed by atoms with E-state index in [9.17, 15) is 8.78 Å². The number of hydrogen-bond acceptors (Lipinski definition) is 4. The van der Waals surface area contributed by atoms with Crippen molar-refractivity contribution in [2.45, 2.75) is 12.5 Å². The van der Waals surface area contributed by atoms with E-state index in [1.807, 2.05) is 0 Å². The molecule has 0 spiro atoms. The van der Waals surface area contributed by atoms with Crippen molar-refractivity contribution in [2.75, 3.05) is 20.2 Å². The first-order chi connectivity index (χ1) is 11.2. The SMILES string of the molecule is CNOCCCNNC(c1ccc(F)cc1)c1ccc(F)cc1. The smallest absolute Gasteiger partial charge is 0.123 e. The van der Waals surface area contributed by atoms with Gasteiger partial charge in [0.15, 0.2) is 0 Å². The van der Waals surface area contributed by atoms with Crippen molar-refractivity contribution in [1.82, 2.24) is 16.3 Å². The third kappa shape index (κ3) is 5.69. The van der Waals surface area contributed by atoms with Crippen LogP contribution < -0.4 is 16.3 Å². The summed E-state index contributed by atoms with van der Waals surface area (Å²) in [5.74, 6) is -0.576. The molecule has 3 N–H and O–H groups in total. The summed E-state index contributed by atoms with van der Waals surface area (Å²) in [5, 5.41) is 0. The van der Waals surface area contributed by atoms with E-state index >= 15 is 0 Å². The molecule has 2 aromatic carbocycles. The van der Waals surface area contributed by atoms with E-state index in [4.69, 9.17) is 4.84 Å². The Labute approximate surface area is 134 Å². The zero-order valence-corrected chi connectivity index (χ0v) is 13.0. The Morgan fingerprint density at radius 1 is 0.913 bits per heavy atom. The average Bonchev–Trinajstić information content (AvgIpc) is 2.57. The maximum atomic E-state index is 13.1. The van der Waals surface area contributed by atoms with Crippen LogP contribution in [0, 0.1) is 11.6 Å². The Morgan fingerprint density at radius 3 is 1.91 bits per heavy atom. The van der Waals surface area contributed by atoms with E-state index in [0.717, 1.165) is 17.5 Å². The summed E-state index contributed by atoms with van der Waals surface area (Å²) in [6, 6.07) is 12.3. The molecular formula is C17H21F2N3O. The number of hydroxylamine groups is 1. The molecular weight excluding hydrogens is 300 g/mol. The van der Waals surface area contributed by atoms with Gasteiger partial charge < -0.3 is 4.84 Å². The molecule has 0 aliphatic heterocycles. The van der Waals surface area contributed by atoms with Crippen LogP contribution in [-0.4, -0.2) is 20.2 Å².